The van der Waals surface area contributed by atoms with Crippen molar-refractivity contribution in [1.82, 2.24) is 4.98 Å². The minimum absolute atomic E-state index is 0.790. The number of aryl methyl sites for hydroxylation is 1. The molecule has 0 radical (unpaired) electrons. The van der Waals surface area contributed by atoms with Crippen LogP contribution in [0, 0.1) is 0 Å². The molecule has 2 nitrogen and oxygen atoms in total. The molecule has 3 heteroatoms. The average molecular weight is 182 g/mol. The average Bonchev–Trinajstić information content (AvgIpc) is 2.85. The predicted octanol–water partition coefficient (Wildman–Crippen LogP) is 2.62. The van der Waals surface area contributed by atoms with Gasteiger partial charge in [0.15, 0.2) is 5.13 Å². The largest absolute Gasteiger partial charge is 0.365 e. The molecule has 1 N–H and O–H groups in total. The Balaban J connectivity index is 2.29. The number of hydrogen-bond acceptors (Lipinski definition) is 3. The van der Waals surface area contributed by atoms with Crippen LogP contribution in [0.4, 0.5) is 5.13 Å². The van der Waals surface area contributed by atoms with Gasteiger partial charge in [0, 0.05) is 17.8 Å². The number of nitrogens with zero attached hydrogens (tertiary/aromatic N) is 1. The number of nitrogens with one attached hydrogen (secondary N) is 1. The highest BCUT2D eigenvalue weighted by molar-refractivity contribution is 7.15. The van der Waals surface area contributed by atoms with Crippen LogP contribution in [0.25, 0.3) is 0 Å². The Bertz CT molecular complexity index is 276. The molecule has 0 aliphatic heterocycles. The van der Waals surface area contributed by atoms with Crippen molar-refractivity contribution in [2.75, 3.05) is 12.4 Å². The van der Waals surface area contributed by atoms with Gasteiger partial charge in [-0.1, -0.05) is 6.92 Å². The van der Waals surface area contributed by atoms with Crippen LogP contribution in [-0.4, -0.2) is 12.0 Å². The lowest BCUT2D eigenvalue weighted by molar-refractivity contribution is 0.997. The first-order valence-electron chi connectivity index (χ1n) is 4.52. The molecule has 1 aliphatic rings. The molecule has 0 unspecified atom stereocenters. The predicted molar refractivity (Wildman–Crippen MR) is 53.0 cm³/mol. The molecule has 1 aromatic rings. The molecule has 0 aromatic carbocycles. The van der Waals surface area contributed by atoms with Crippen LogP contribution in [0.3, 0.4) is 0 Å². The van der Waals surface area contributed by atoms with E-state index in [-0.39, 0.29) is 0 Å². The van der Waals surface area contributed by atoms with Crippen LogP contribution >= 0.6 is 11.3 Å². The van der Waals surface area contributed by atoms with Crippen molar-refractivity contribution in [3.05, 3.63) is 10.6 Å². The first-order valence-corrected chi connectivity index (χ1v) is 5.34. The Morgan fingerprint density at radius 3 is 2.83 bits per heavy atom. The third-order valence-electron chi connectivity index (χ3n) is 2.23. The van der Waals surface area contributed by atoms with E-state index in [1.165, 1.54) is 23.4 Å². The lowest BCUT2D eigenvalue weighted by Crippen LogP contribution is -1.88. The second-order valence-corrected chi connectivity index (χ2v) is 4.29. The summed E-state index contributed by atoms with van der Waals surface area (Å²) in [4.78, 5) is 6.04. The summed E-state index contributed by atoms with van der Waals surface area (Å²) >= 11 is 1.81. The fraction of sp³-hybridized carbons (Fsp3) is 0.667. The van der Waals surface area contributed by atoms with Gasteiger partial charge in [0.05, 0.1) is 5.69 Å². The van der Waals surface area contributed by atoms with Crippen LogP contribution in [-0.2, 0) is 6.42 Å². The van der Waals surface area contributed by atoms with Gasteiger partial charge in [0.1, 0.15) is 0 Å². The van der Waals surface area contributed by atoms with Gasteiger partial charge in [-0.25, -0.2) is 4.98 Å². The van der Waals surface area contributed by atoms with Crippen LogP contribution in [0.5, 0.6) is 0 Å². The first kappa shape index (κ1) is 8.05. The van der Waals surface area contributed by atoms with Gasteiger partial charge in [0.2, 0.25) is 0 Å². The second-order valence-electron chi connectivity index (χ2n) is 3.21. The van der Waals surface area contributed by atoms with Crippen molar-refractivity contribution >= 4 is 16.5 Å². The van der Waals surface area contributed by atoms with Crippen LogP contribution in [0.2, 0.25) is 0 Å². The molecule has 2 rings (SSSR count). The zero-order chi connectivity index (χ0) is 8.55. The molecule has 0 amide bonds. The molecule has 0 saturated heterocycles. The van der Waals surface area contributed by atoms with Gasteiger partial charge >= 0.3 is 0 Å². The number of aromatic nitrogens is 1. The van der Waals surface area contributed by atoms with E-state index in [2.05, 4.69) is 17.2 Å². The van der Waals surface area contributed by atoms with E-state index in [1.54, 1.807) is 11.3 Å². The van der Waals surface area contributed by atoms with Crippen molar-refractivity contribution in [2.45, 2.75) is 32.1 Å². The van der Waals surface area contributed by atoms with E-state index in [4.69, 9.17) is 0 Å². The monoisotopic (exact) mass is 182 g/mol. The SMILES string of the molecule is CCc1sc(NC)nc1C1CC1. The highest BCUT2D eigenvalue weighted by Gasteiger charge is 2.28. The minimum atomic E-state index is 0.790. The van der Waals surface area contributed by atoms with E-state index in [0.29, 0.717) is 0 Å². The van der Waals surface area contributed by atoms with E-state index in [1.807, 2.05) is 7.05 Å². The smallest absolute Gasteiger partial charge is 0.182 e. The van der Waals surface area contributed by atoms with Gasteiger partial charge in [-0.2, -0.15) is 0 Å². The summed E-state index contributed by atoms with van der Waals surface area (Å²) in [5.41, 5.74) is 1.37. The molecule has 0 bridgehead atoms. The van der Waals surface area contributed by atoms with Gasteiger partial charge in [-0.15, -0.1) is 11.3 Å². The van der Waals surface area contributed by atoms with Crippen LogP contribution in [0.1, 0.15) is 36.3 Å². The number of thiazole rings is 1. The minimum Gasteiger partial charge on any atom is -0.365 e. The summed E-state index contributed by atoms with van der Waals surface area (Å²) in [6.07, 6.45) is 3.82. The number of hydrogen-bond donors (Lipinski definition) is 1. The van der Waals surface area contributed by atoms with Crippen molar-refractivity contribution < 1.29 is 0 Å². The molecule has 12 heavy (non-hydrogen) atoms. The molecular weight excluding hydrogens is 168 g/mol. The second kappa shape index (κ2) is 3.05. The summed E-state index contributed by atoms with van der Waals surface area (Å²) in [6.45, 7) is 2.21. The fourth-order valence-corrected chi connectivity index (χ4v) is 2.34. The Labute approximate surface area is 77.0 Å². The van der Waals surface area contributed by atoms with Gasteiger partial charge in [-0.3, -0.25) is 0 Å². The summed E-state index contributed by atoms with van der Waals surface area (Å²) in [7, 11) is 1.94. The molecule has 1 aliphatic carbocycles. The summed E-state index contributed by atoms with van der Waals surface area (Å²) in [5, 5.41) is 4.19. The zero-order valence-electron chi connectivity index (χ0n) is 7.55. The fourth-order valence-electron chi connectivity index (χ4n) is 1.40. The highest BCUT2D eigenvalue weighted by atomic mass is 32.1. The maximum atomic E-state index is 4.57. The third kappa shape index (κ3) is 1.33. The Morgan fingerprint density at radius 1 is 1.58 bits per heavy atom. The van der Waals surface area contributed by atoms with Crippen LogP contribution in [0.15, 0.2) is 0 Å². The maximum Gasteiger partial charge on any atom is 0.182 e. The van der Waals surface area contributed by atoms with Crippen molar-refractivity contribution in [3.63, 3.8) is 0 Å². The number of anilines is 1. The third-order valence-corrected chi connectivity index (χ3v) is 3.46. The number of rotatable bonds is 3. The van der Waals surface area contributed by atoms with Crippen molar-refractivity contribution in [2.24, 2.45) is 0 Å². The van der Waals surface area contributed by atoms with E-state index >= 15 is 0 Å². The summed E-state index contributed by atoms with van der Waals surface area (Å²) < 4.78 is 0. The Morgan fingerprint density at radius 2 is 2.33 bits per heavy atom. The highest BCUT2D eigenvalue weighted by Crippen LogP contribution is 2.43. The van der Waals surface area contributed by atoms with Gasteiger partial charge in [-0.05, 0) is 19.3 Å². The quantitative estimate of drug-likeness (QED) is 0.777. The summed E-state index contributed by atoms with van der Waals surface area (Å²) in [5.74, 6) is 0.790. The Kier molecular flexibility index (Phi) is 2.05. The molecule has 66 valence electrons. The molecular formula is C9H14N2S. The Hall–Kier alpha value is -0.570. The normalized spacial score (nSPS) is 16.5. The zero-order valence-corrected chi connectivity index (χ0v) is 8.37. The summed E-state index contributed by atoms with van der Waals surface area (Å²) in [6, 6.07) is 0. The van der Waals surface area contributed by atoms with Crippen molar-refractivity contribution in [3.8, 4) is 0 Å². The molecule has 1 heterocycles. The van der Waals surface area contributed by atoms with Crippen molar-refractivity contribution in [1.29, 1.82) is 0 Å². The molecule has 1 saturated carbocycles. The van der Waals surface area contributed by atoms with E-state index in [9.17, 15) is 0 Å². The molecule has 0 spiro atoms. The molecule has 1 aromatic heterocycles. The molecule has 1 fully saturated rings. The lowest BCUT2D eigenvalue weighted by Gasteiger charge is -1.92. The topological polar surface area (TPSA) is 24.9 Å². The first-order chi connectivity index (χ1) is 5.85. The lowest BCUT2D eigenvalue weighted by atomic mass is 10.2. The van der Waals surface area contributed by atoms with Gasteiger partial charge < -0.3 is 5.32 Å². The maximum absolute atomic E-state index is 4.57. The molecule has 0 atom stereocenters. The van der Waals surface area contributed by atoms with Gasteiger partial charge in [0.25, 0.3) is 0 Å². The van der Waals surface area contributed by atoms with E-state index < -0.39 is 0 Å². The van der Waals surface area contributed by atoms with Crippen LogP contribution < -0.4 is 5.32 Å². The standard InChI is InChI=1S/C9H14N2S/c1-3-7-8(6-4-5-6)11-9(10-2)12-7/h6H,3-5H2,1-2H3,(H,10,11). The van der Waals surface area contributed by atoms with E-state index in [0.717, 1.165) is 17.5 Å².